The number of pyridine rings is 1. The molecule has 0 bridgehead atoms. The van der Waals surface area contributed by atoms with E-state index in [1.807, 2.05) is 0 Å². The van der Waals surface area contributed by atoms with E-state index in [9.17, 15) is 27.6 Å². The number of hydrogen-bond donors (Lipinski definition) is 2. The maximum Gasteiger partial charge on any atom is 0.421 e. The van der Waals surface area contributed by atoms with Gasteiger partial charge in [-0.15, -0.1) is 0 Å². The molecule has 31 heavy (non-hydrogen) atoms. The van der Waals surface area contributed by atoms with Crippen LogP contribution in [0.15, 0.2) is 64.7 Å². The molecule has 0 aliphatic heterocycles. The van der Waals surface area contributed by atoms with E-state index in [0.717, 1.165) is 12.3 Å². The van der Waals surface area contributed by atoms with E-state index in [1.165, 1.54) is 17.2 Å². The van der Waals surface area contributed by atoms with Gasteiger partial charge in [0.25, 0.3) is 11.1 Å². The SMILES string of the molecule is O=C(Cn1cccc(C(F)(F)F)c1=O)Nc1ccccc1-n1ncc2c(=O)[nH]cnc21. The van der Waals surface area contributed by atoms with E-state index >= 15 is 0 Å². The number of nitrogens with one attached hydrogen (secondary N) is 2. The quantitative estimate of drug-likeness (QED) is 0.514. The van der Waals surface area contributed by atoms with Crippen LogP contribution in [0, 0.1) is 0 Å². The first kappa shape index (κ1) is 20.1. The summed E-state index contributed by atoms with van der Waals surface area (Å²) in [6.45, 7) is -0.630. The smallest absolute Gasteiger partial charge is 0.323 e. The van der Waals surface area contributed by atoms with Crippen molar-refractivity contribution in [1.82, 2.24) is 24.3 Å². The second kappa shape index (κ2) is 7.55. The van der Waals surface area contributed by atoms with Gasteiger partial charge in [-0.2, -0.15) is 18.3 Å². The molecule has 3 aromatic heterocycles. The lowest BCUT2D eigenvalue weighted by Crippen LogP contribution is -2.32. The molecule has 12 heteroatoms. The van der Waals surface area contributed by atoms with Crippen molar-refractivity contribution in [2.75, 3.05) is 5.32 Å². The minimum Gasteiger partial charge on any atom is -0.323 e. The molecule has 0 saturated carbocycles. The summed E-state index contributed by atoms with van der Waals surface area (Å²) in [6, 6.07) is 8.16. The third-order valence-electron chi connectivity index (χ3n) is 4.42. The Morgan fingerprint density at radius 3 is 2.68 bits per heavy atom. The fraction of sp³-hybridized carbons (Fsp3) is 0.105. The molecule has 158 valence electrons. The summed E-state index contributed by atoms with van der Waals surface area (Å²) in [5.74, 6) is -0.726. The highest BCUT2D eigenvalue weighted by molar-refractivity contribution is 5.93. The van der Waals surface area contributed by atoms with Gasteiger partial charge in [-0.1, -0.05) is 12.1 Å². The van der Waals surface area contributed by atoms with Gasteiger partial charge in [0.1, 0.15) is 17.5 Å². The molecule has 0 fully saturated rings. The predicted octanol–water partition coefficient (Wildman–Crippen LogP) is 1.93. The number of nitrogens with zero attached hydrogens (tertiary/aromatic N) is 4. The average molecular weight is 430 g/mol. The number of alkyl halides is 3. The Labute approximate surface area is 170 Å². The Balaban J connectivity index is 1.65. The first-order valence-electron chi connectivity index (χ1n) is 8.83. The van der Waals surface area contributed by atoms with E-state index in [-0.39, 0.29) is 22.3 Å². The van der Waals surface area contributed by atoms with Crippen LogP contribution in [0.25, 0.3) is 16.7 Å². The fourth-order valence-electron chi connectivity index (χ4n) is 3.02. The molecule has 2 N–H and O–H groups in total. The van der Waals surface area contributed by atoms with Crippen molar-refractivity contribution < 1.29 is 18.0 Å². The number of rotatable bonds is 4. The largest absolute Gasteiger partial charge is 0.421 e. The molecule has 4 rings (SSSR count). The summed E-state index contributed by atoms with van der Waals surface area (Å²) in [4.78, 5) is 42.9. The summed E-state index contributed by atoms with van der Waals surface area (Å²) < 4.78 is 40.8. The van der Waals surface area contributed by atoms with Gasteiger partial charge >= 0.3 is 6.18 Å². The molecule has 4 aromatic rings. The number of hydrogen-bond acceptors (Lipinski definition) is 5. The normalized spacial score (nSPS) is 11.6. The van der Waals surface area contributed by atoms with Crippen molar-refractivity contribution in [1.29, 1.82) is 0 Å². The number of anilines is 1. The third kappa shape index (κ3) is 3.82. The van der Waals surface area contributed by atoms with Crippen molar-refractivity contribution >= 4 is 22.6 Å². The fourth-order valence-corrected chi connectivity index (χ4v) is 3.02. The molecule has 0 atom stereocenters. The Morgan fingerprint density at radius 1 is 1.13 bits per heavy atom. The van der Waals surface area contributed by atoms with Crippen molar-refractivity contribution in [3.05, 3.63) is 81.4 Å². The molecule has 1 aromatic carbocycles. The van der Waals surface area contributed by atoms with Gasteiger partial charge in [0.2, 0.25) is 5.91 Å². The number of aromatic amines is 1. The number of aromatic nitrogens is 5. The van der Waals surface area contributed by atoms with Crippen molar-refractivity contribution in [2.24, 2.45) is 0 Å². The molecule has 0 aliphatic carbocycles. The maximum absolute atomic E-state index is 12.9. The van der Waals surface area contributed by atoms with Crippen LogP contribution in [0.2, 0.25) is 0 Å². The van der Waals surface area contributed by atoms with Gasteiger partial charge in [-0.25, -0.2) is 9.67 Å². The number of fused-ring (bicyclic) bond motifs is 1. The minimum atomic E-state index is -4.82. The van der Waals surface area contributed by atoms with Gasteiger partial charge in [0.05, 0.1) is 23.9 Å². The number of para-hydroxylation sites is 2. The van der Waals surface area contributed by atoms with Crippen LogP contribution in [0.5, 0.6) is 0 Å². The van der Waals surface area contributed by atoms with Crippen molar-refractivity contribution in [3.8, 4) is 5.69 Å². The lowest BCUT2D eigenvalue weighted by molar-refractivity contribution is -0.139. The van der Waals surface area contributed by atoms with E-state index in [4.69, 9.17) is 0 Å². The molecule has 0 radical (unpaired) electrons. The maximum atomic E-state index is 12.9. The Hall–Kier alpha value is -4.22. The molecule has 1 amide bonds. The highest BCUT2D eigenvalue weighted by atomic mass is 19.4. The molecular weight excluding hydrogens is 417 g/mol. The molecular formula is C19H13F3N6O3. The predicted molar refractivity (Wildman–Crippen MR) is 104 cm³/mol. The zero-order valence-corrected chi connectivity index (χ0v) is 15.6. The van der Waals surface area contributed by atoms with E-state index in [1.54, 1.807) is 24.3 Å². The second-order valence-electron chi connectivity index (χ2n) is 6.44. The van der Waals surface area contributed by atoms with Crippen LogP contribution in [-0.4, -0.2) is 30.2 Å². The van der Waals surface area contributed by atoms with Gasteiger partial charge in [-0.3, -0.25) is 14.4 Å². The summed E-state index contributed by atoms with van der Waals surface area (Å²) in [5.41, 5.74) is -2.18. The van der Waals surface area contributed by atoms with Gasteiger partial charge < -0.3 is 14.9 Å². The Morgan fingerprint density at radius 2 is 1.90 bits per heavy atom. The number of halogens is 3. The highest BCUT2D eigenvalue weighted by Gasteiger charge is 2.34. The third-order valence-corrected chi connectivity index (χ3v) is 4.42. The zero-order valence-electron chi connectivity index (χ0n) is 15.6. The van der Waals surface area contributed by atoms with Crippen LogP contribution in [0.3, 0.4) is 0 Å². The van der Waals surface area contributed by atoms with Crippen LogP contribution in [0.4, 0.5) is 18.9 Å². The summed E-state index contributed by atoms with van der Waals surface area (Å²) in [7, 11) is 0. The summed E-state index contributed by atoms with van der Waals surface area (Å²) in [5, 5.41) is 6.93. The number of amides is 1. The van der Waals surface area contributed by atoms with E-state index in [2.05, 4.69) is 20.4 Å². The number of carbonyl (C=O) groups excluding carboxylic acids is 1. The van der Waals surface area contributed by atoms with Crippen molar-refractivity contribution in [3.63, 3.8) is 0 Å². The molecule has 0 saturated heterocycles. The highest BCUT2D eigenvalue weighted by Crippen LogP contribution is 2.26. The summed E-state index contributed by atoms with van der Waals surface area (Å²) >= 11 is 0. The van der Waals surface area contributed by atoms with Crippen LogP contribution in [-0.2, 0) is 17.5 Å². The lowest BCUT2D eigenvalue weighted by atomic mass is 10.2. The van der Waals surface area contributed by atoms with Gasteiger partial charge in [-0.05, 0) is 24.3 Å². The van der Waals surface area contributed by atoms with Gasteiger partial charge in [0, 0.05) is 6.20 Å². The monoisotopic (exact) mass is 430 g/mol. The average Bonchev–Trinajstić information content (AvgIpc) is 3.14. The molecule has 0 aliphatic rings. The standard InChI is InChI=1S/C19H13F3N6O3/c20-19(21,22)12-4-3-7-27(18(12)31)9-15(29)26-13-5-1-2-6-14(13)28-16-11(8-25-28)17(30)24-10-23-16/h1-8,10H,9H2,(H,26,29)(H,23,24,30). The first-order chi connectivity index (χ1) is 14.8. The van der Waals surface area contributed by atoms with Crippen LogP contribution < -0.4 is 16.4 Å². The summed E-state index contributed by atoms with van der Waals surface area (Å²) in [6.07, 6.45) is -1.19. The first-order valence-corrected chi connectivity index (χ1v) is 8.83. The lowest BCUT2D eigenvalue weighted by Gasteiger charge is -2.13. The van der Waals surface area contributed by atoms with Crippen LogP contribution in [0.1, 0.15) is 5.56 Å². The zero-order chi connectivity index (χ0) is 22.2. The number of benzene rings is 1. The second-order valence-corrected chi connectivity index (χ2v) is 6.44. The van der Waals surface area contributed by atoms with Gasteiger partial charge in [0.15, 0.2) is 5.65 Å². The molecule has 9 nitrogen and oxygen atoms in total. The number of H-pyrrole nitrogens is 1. The van der Waals surface area contributed by atoms with E-state index in [0.29, 0.717) is 16.3 Å². The number of carbonyl (C=O) groups is 1. The topological polar surface area (TPSA) is 115 Å². The van der Waals surface area contributed by atoms with Crippen LogP contribution >= 0.6 is 0 Å². The Bertz CT molecular complexity index is 1400. The Kier molecular flexibility index (Phi) is 4.89. The van der Waals surface area contributed by atoms with Crippen molar-refractivity contribution in [2.45, 2.75) is 12.7 Å². The molecule has 0 spiro atoms. The minimum absolute atomic E-state index is 0.235. The molecule has 0 unspecified atom stereocenters. The molecule has 3 heterocycles. The van der Waals surface area contributed by atoms with E-state index < -0.39 is 29.8 Å².